The van der Waals surface area contributed by atoms with E-state index in [9.17, 15) is 13.2 Å². The Morgan fingerprint density at radius 2 is 1.90 bits per heavy atom. The minimum Gasteiger partial charge on any atom is -0.354 e. The molecule has 1 atom stereocenters. The van der Waals surface area contributed by atoms with Crippen LogP contribution < -0.4 is 11.1 Å². The minimum absolute atomic E-state index is 0.0721. The van der Waals surface area contributed by atoms with Crippen molar-refractivity contribution in [2.45, 2.75) is 5.92 Å². The van der Waals surface area contributed by atoms with Crippen molar-refractivity contribution in [3.8, 4) is 0 Å². The fraction of sp³-hybridized carbons (Fsp3) is 0.462. The summed E-state index contributed by atoms with van der Waals surface area (Å²) in [5.74, 6) is -0.844. The molecule has 1 unspecified atom stereocenters. The average Bonchev–Trinajstić information content (AvgIpc) is 2.40. The van der Waals surface area contributed by atoms with Gasteiger partial charge in [0, 0.05) is 27.2 Å². The SMILES string of the molecule is CN(C)S(=O)(=O)CCNC(=O)C(CN)c1ccccc1. The molecule has 1 aromatic carbocycles. The summed E-state index contributed by atoms with van der Waals surface area (Å²) in [5, 5.41) is 2.62. The third-order valence-electron chi connectivity index (χ3n) is 2.97. The number of nitrogens with zero attached hydrogens (tertiary/aromatic N) is 1. The molecule has 0 spiro atoms. The van der Waals surface area contributed by atoms with Crippen LogP contribution in [0, 0.1) is 0 Å². The molecule has 0 aliphatic heterocycles. The molecule has 0 heterocycles. The van der Waals surface area contributed by atoms with Gasteiger partial charge in [0.2, 0.25) is 15.9 Å². The van der Waals surface area contributed by atoms with Crippen LogP contribution in [0.25, 0.3) is 0 Å². The van der Waals surface area contributed by atoms with Gasteiger partial charge in [0.25, 0.3) is 0 Å². The first kappa shape index (κ1) is 16.6. The number of hydrogen-bond acceptors (Lipinski definition) is 4. The van der Waals surface area contributed by atoms with Gasteiger partial charge in [0.1, 0.15) is 0 Å². The predicted octanol–water partition coefficient (Wildman–Crippen LogP) is -0.263. The van der Waals surface area contributed by atoms with Gasteiger partial charge in [-0.2, -0.15) is 0 Å². The molecule has 3 N–H and O–H groups in total. The molecule has 0 saturated carbocycles. The predicted molar refractivity (Wildman–Crippen MR) is 78.7 cm³/mol. The first-order chi connectivity index (χ1) is 9.38. The normalized spacial score (nSPS) is 13.2. The van der Waals surface area contributed by atoms with E-state index in [-0.39, 0.29) is 24.7 Å². The first-order valence-electron chi connectivity index (χ1n) is 6.31. The summed E-state index contributed by atoms with van der Waals surface area (Å²) in [6, 6.07) is 9.18. The second kappa shape index (κ2) is 7.37. The van der Waals surface area contributed by atoms with Crippen LogP contribution in [0.4, 0.5) is 0 Å². The third-order valence-corrected chi connectivity index (χ3v) is 4.80. The molecule has 0 aromatic heterocycles. The fourth-order valence-corrected chi connectivity index (χ4v) is 2.41. The van der Waals surface area contributed by atoms with Crippen LogP contribution >= 0.6 is 0 Å². The number of nitrogens with two attached hydrogens (primary N) is 1. The number of sulfonamides is 1. The summed E-state index contributed by atoms with van der Waals surface area (Å²) in [5.41, 5.74) is 6.45. The number of amides is 1. The lowest BCUT2D eigenvalue weighted by Crippen LogP contribution is -2.38. The maximum Gasteiger partial charge on any atom is 0.228 e. The quantitative estimate of drug-likeness (QED) is 0.725. The summed E-state index contributed by atoms with van der Waals surface area (Å²) in [4.78, 5) is 12.0. The molecule has 0 fully saturated rings. The fourth-order valence-electron chi connectivity index (χ4n) is 1.69. The van der Waals surface area contributed by atoms with Crippen LogP contribution in [-0.4, -0.2) is 51.6 Å². The molecule has 20 heavy (non-hydrogen) atoms. The van der Waals surface area contributed by atoms with E-state index in [0.717, 1.165) is 9.87 Å². The van der Waals surface area contributed by atoms with E-state index in [0.29, 0.717) is 0 Å². The van der Waals surface area contributed by atoms with Gasteiger partial charge in [-0.1, -0.05) is 30.3 Å². The number of hydrogen-bond donors (Lipinski definition) is 2. The van der Waals surface area contributed by atoms with Crippen LogP contribution in [0.3, 0.4) is 0 Å². The molecule has 0 bridgehead atoms. The van der Waals surface area contributed by atoms with Crippen LogP contribution in [0.15, 0.2) is 30.3 Å². The zero-order chi connectivity index (χ0) is 15.2. The molecular formula is C13H21N3O3S. The van der Waals surface area contributed by atoms with Gasteiger partial charge in [0.15, 0.2) is 0 Å². The molecule has 0 aliphatic rings. The van der Waals surface area contributed by atoms with Gasteiger partial charge in [-0.3, -0.25) is 4.79 Å². The third kappa shape index (κ3) is 4.59. The van der Waals surface area contributed by atoms with Crippen molar-refractivity contribution >= 4 is 15.9 Å². The second-order valence-corrected chi connectivity index (χ2v) is 6.89. The van der Waals surface area contributed by atoms with Crippen LogP contribution in [-0.2, 0) is 14.8 Å². The van der Waals surface area contributed by atoms with Crippen LogP contribution in [0.2, 0.25) is 0 Å². The highest BCUT2D eigenvalue weighted by atomic mass is 32.2. The molecule has 0 radical (unpaired) electrons. The van der Waals surface area contributed by atoms with Gasteiger partial charge in [0.05, 0.1) is 11.7 Å². The summed E-state index contributed by atoms with van der Waals surface area (Å²) in [6.07, 6.45) is 0. The zero-order valence-electron chi connectivity index (χ0n) is 11.7. The number of nitrogens with one attached hydrogen (secondary N) is 1. The van der Waals surface area contributed by atoms with Crippen molar-refractivity contribution in [1.29, 1.82) is 0 Å². The Balaban J connectivity index is 2.58. The van der Waals surface area contributed by atoms with Crippen molar-refractivity contribution in [3.63, 3.8) is 0 Å². The Hall–Kier alpha value is -1.44. The lowest BCUT2D eigenvalue weighted by Gasteiger charge is -2.16. The summed E-state index contributed by atoms with van der Waals surface area (Å²) < 4.78 is 24.3. The Kier molecular flexibility index (Phi) is 6.12. The number of benzene rings is 1. The largest absolute Gasteiger partial charge is 0.354 e. The van der Waals surface area contributed by atoms with E-state index in [4.69, 9.17) is 5.73 Å². The van der Waals surface area contributed by atoms with Gasteiger partial charge in [-0.15, -0.1) is 0 Å². The van der Waals surface area contributed by atoms with E-state index >= 15 is 0 Å². The molecule has 1 rings (SSSR count). The van der Waals surface area contributed by atoms with Gasteiger partial charge in [-0.25, -0.2) is 12.7 Å². The Morgan fingerprint density at radius 3 is 2.40 bits per heavy atom. The van der Waals surface area contributed by atoms with Crippen molar-refractivity contribution in [1.82, 2.24) is 9.62 Å². The maximum atomic E-state index is 12.0. The van der Waals surface area contributed by atoms with E-state index in [1.54, 1.807) is 0 Å². The monoisotopic (exact) mass is 299 g/mol. The average molecular weight is 299 g/mol. The Labute approximate surface area is 120 Å². The Morgan fingerprint density at radius 1 is 1.30 bits per heavy atom. The molecule has 1 aromatic rings. The standard InChI is InChI=1S/C13H21N3O3S/c1-16(2)20(18,19)9-8-15-13(17)12(10-14)11-6-4-3-5-7-11/h3-7,12H,8-10,14H2,1-2H3,(H,15,17). The maximum absolute atomic E-state index is 12.0. The lowest BCUT2D eigenvalue weighted by atomic mass is 9.98. The molecule has 112 valence electrons. The van der Waals surface area contributed by atoms with E-state index in [1.165, 1.54) is 14.1 Å². The van der Waals surface area contributed by atoms with Crippen molar-refractivity contribution in [2.75, 3.05) is 32.9 Å². The van der Waals surface area contributed by atoms with E-state index in [1.807, 2.05) is 30.3 Å². The topological polar surface area (TPSA) is 92.5 Å². The highest BCUT2D eigenvalue weighted by Crippen LogP contribution is 2.13. The van der Waals surface area contributed by atoms with Crippen LogP contribution in [0.1, 0.15) is 11.5 Å². The molecule has 1 amide bonds. The zero-order valence-corrected chi connectivity index (χ0v) is 12.6. The lowest BCUT2D eigenvalue weighted by molar-refractivity contribution is -0.122. The summed E-state index contributed by atoms with van der Waals surface area (Å²) in [6.45, 7) is 0.249. The van der Waals surface area contributed by atoms with Gasteiger partial charge >= 0.3 is 0 Å². The minimum atomic E-state index is -3.30. The highest BCUT2D eigenvalue weighted by molar-refractivity contribution is 7.89. The molecular weight excluding hydrogens is 278 g/mol. The summed E-state index contributed by atoms with van der Waals surface area (Å²) in [7, 11) is -0.379. The number of carbonyl (C=O) groups is 1. The molecule has 0 aliphatic carbocycles. The Bertz CT molecular complexity index is 529. The summed E-state index contributed by atoms with van der Waals surface area (Å²) >= 11 is 0. The molecule has 7 heteroatoms. The van der Waals surface area contributed by atoms with Crippen molar-refractivity contribution in [2.24, 2.45) is 5.73 Å². The number of rotatable bonds is 7. The van der Waals surface area contributed by atoms with E-state index < -0.39 is 15.9 Å². The van der Waals surface area contributed by atoms with Crippen molar-refractivity contribution < 1.29 is 13.2 Å². The highest BCUT2D eigenvalue weighted by Gasteiger charge is 2.20. The molecule has 6 nitrogen and oxygen atoms in total. The smallest absolute Gasteiger partial charge is 0.228 e. The van der Waals surface area contributed by atoms with Crippen molar-refractivity contribution in [3.05, 3.63) is 35.9 Å². The van der Waals surface area contributed by atoms with Crippen LogP contribution in [0.5, 0.6) is 0 Å². The first-order valence-corrected chi connectivity index (χ1v) is 7.92. The number of carbonyl (C=O) groups excluding carboxylic acids is 1. The molecule has 0 saturated heterocycles. The second-order valence-electron chi connectivity index (χ2n) is 4.59. The van der Waals surface area contributed by atoms with E-state index in [2.05, 4.69) is 5.32 Å². The van der Waals surface area contributed by atoms with Gasteiger partial charge in [-0.05, 0) is 5.56 Å². The van der Waals surface area contributed by atoms with Gasteiger partial charge < -0.3 is 11.1 Å².